The van der Waals surface area contributed by atoms with Gasteiger partial charge in [0.15, 0.2) is 0 Å². The van der Waals surface area contributed by atoms with Crippen LogP contribution in [-0.4, -0.2) is 0 Å². The van der Waals surface area contributed by atoms with Crippen molar-refractivity contribution in [1.82, 2.24) is 0 Å². The molecule has 0 aromatic carbocycles. The molecule has 10 heavy (non-hydrogen) atoms. The van der Waals surface area contributed by atoms with Gasteiger partial charge in [-0.2, -0.15) is 0 Å². The fraction of sp³-hybridized carbons (Fsp3) is 0.800. The van der Waals surface area contributed by atoms with Gasteiger partial charge in [-0.1, -0.05) is 38.8 Å². The summed E-state index contributed by atoms with van der Waals surface area (Å²) in [5, 5.41) is 0. The van der Waals surface area contributed by atoms with E-state index in [9.17, 15) is 0 Å². The van der Waals surface area contributed by atoms with Gasteiger partial charge in [0.05, 0.1) is 0 Å². The van der Waals surface area contributed by atoms with E-state index >= 15 is 0 Å². The Morgan fingerprint density at radius 2 is 1.90 bits per heavy atom. The van der Waals surface area contributed by atoms with Crippen molar-refractivity contribution in [2.75, 3.05) is 0 Å². The Morgan fingerprint density at radius 3 is 2.00 bits per heavy atom. The van der Waals surface area contributed by atoms with Crippen LogP contribution in [0.25, 0.3) is 0 Å². The maximum Gasteiger partial charge on any atom is 0.0118 e. The molecule has 0 radical (unpaired) electrons. The molecular formula is C10H18. The smallest absolute Gasteiger partial charge is 0.0118 e. The molecule has 0 aromatic heterocycles. The zero-order valence-corrected chi connectivity index (χ0v) is 7.78. The van der Waals surface area contributed by atoms with E-state index in [1.54, 1.807) is 11.1 Å². The van der Waals surface area contributed by atoms with Gasteiger partial charge in [0.1, 0.15) is 0 Å². The van der Waals surface area contributed by atoms with Crippen molar-refractivity contribution in [2.45, 2.75) is 41.0 Å². The van der Waals surface area contributed by atoms with E-state index in [1.165, 1.54) is 6.42 Å². The highest BCUT2D eigenvalue weighted by molar-refractivity contribution is 5.47. The topological polar surface area (TPSA) is 0 Å². The molecule has 0 aromatic rings. The zero-order valence-electron chi connectivity index (χ0n) is 7.78. The number of hydrogen-bond donors (Lipinski definition) is 0. The summed E-state index contributed by atoms with van der Waals surface area (Å²) in [6.45, 7) is 11.5. The highest BCUT2D eigenvalue weighted by Gasteiger charge is 2.46. The first-order valence-corrected chi connectivity index (χ1v) is 4.25. The second-order valence-electron chi connectivity index (χ2n) is 3.81. The Labute approximate surface area is 64.3 Å². The Hall–Kier alpha value is -0.260. The number of allylic oxidation sites excluding steroid dienone is 2. The van der Waals surface area contributed by atoms with E-state index in [2.05, 4.69) is 34.6 Å². The van der Waals surface area contributed by atoms with Crippen LogP contribution in [0.15, 0.2) is 11.1 Å². The highest BCUT2D eigenvalue weighted by Crippen LogP contribution is 2.58. The maximum atomic E-state index is 2.37. The van der Waals surface area contributed by atoms with Crippen LogP contribution in [0.2, 0.25) is 0 Å². The van der Waals surface area contributed by atoms with Crippen molar-refractivity contribution in [2.24, 2.45) is 11.3 Å². The minimum Gasteiger partial charge on any atom is -0.0630 e. The molecule has 0 heterocycles. The van der Waals surface area contributed by atoms with Gasteiger partial charge in [-0.05, 0) is 19.3 Å². The first-order chi connectivity index (χ1) is 4.55. The standard InChI is InChI=1S/C10H18/c1-6-9-8(4)10(9,5)7(2)3/h7H,6H2,1-5H3. The van der Waals surface area contributed by atoms with Gasteiger partial charge in [-0.25, -0.2) is 0 Å². The molecule has 1 aliphatic carbocycles. The molecule has 0 nitrogen and oxygen atoms in total. The third-order valence-corrected chi connectivity index (χ3v) is 3.30. The molecule has 0 fully saturated rings. The van der Waals surface area contributed by atoms with Gasteiger partial charge >= 0.3 is 0 Å². The van der Waals surface area contributed by atoms with Gasteiger partial charge in [0.25, 0.3) is 0 Å². The van der Waals surface area contributed by atoms with Crippen molar-refractivity contribution in [3.05, 3.63) is 11.1 Å². The number of rotatable bonds is 2. The molecule has 1 atom stereocenters. The van der Waals surface area contributed by atoms with Crippen molar-refractivity contribution >= 4 is 0 Å². The van der Waals surface area contributed by atoms with Gasteiger partial charge in [-0.3, -0.25) is 0 Å². The van der Waals surface area contributed by atoms with Gasteiger partial charge < -0.3 is 0 Å². The van der Waals surface area contributed by atoms with Crippen LogP contribution in [-0.2, 0) is 0 Å². The molecule has 0 heteroatoms. The third kappa shape index (κ3) is 0.744. The quantitative estimate of drug-likeness (QED) is 0.513. The van der Waals surface area contributed by atoms with Crippen LogP contribution in [0.3, 0.4) is 0 Å². The molecular weight excluding hydrogens is 120 g/mol. The van der Waals surface area contributed by atoms with Crippen molar-refractivity contribution in [3.63, 3.8) is 0 Å². The lowest BCUT2D eigenvalue weighted by molar-refractivity contribution is 0.409. The summed E-state index contributed by atoms with van der Waals surface area (Å²) in [5.41, 5.74) is 3.85. The van der Waals surface area contributed by atoms with E-state index < -0.39 is 0 Å². The first-order valence-electron chi connectivity index (χ1n) is 4.25. The van der Waals surface area contributed by atoms with Crippen LogP contribution < -0.4 is 0 Å². The molecule has 0 saturated carbocycles. The lowest BCUT2D eigenvalue weighted by atomic mass is 9.86. The largest absolute Gasteiger partial charge is 0.0630 e. The predicted octanol–water partition coefficient (Wildman–Crippen LogP) is 3.39. The summed E-state index contributed by atoms with van der Waals surface area (Å²) in [7, 11) is 0. The molecule has 0 N–H and O–H groups in total. The van der Waals surface area contributed by atoms with Gasteiger partial charge in [0.2, 0.25) is 0 Å². The third-order valence-electron chi connectivity index (χ3n) is 3.30. The molecule has 1 aliphatic rings. The fourth-order valence-corrected chi connectivity index (χ4v) is 2.04. The van der Waals surface area contributed by atoms with E-state index in [4.69, 9.17) is 0 Å². The van der Waals surface area contributed by atoms with E-state index in [0.29, 0.717) is 5.41 Å². The van der Waals surface area contributed by atoms with Crippen LogP contribution in [0.5, 0.6) is 0 Å². The number of hydrogen-bond acceptors (Lipinski definition) is 0. The average molecular weight is 138 g/mol. The minimum atomic E-state index is 0.509. The normalized spacial score (nSPS) is 31.8. The van der Waals surface area contributed by atoms with Crippen LogP contribution in [0, 0.1) is 11.3 Å². The van der Waals surface area contributed by atoms with E-state index in [0.717, 1.165) is 5.92 Å². The van der Waals surface area contributed by atoms with E-state index in [-0.39, 0.29) is 0 Å². The lowest BCUT2D eigenvalue weighted by Crippen LogP contribution is -2.09. The molecule has 1 rings (SSSR count). The molecule has 1 unspecified atom stereocenters. The summed E-state index contributed by atoms with van der Waals surface area (Å²) < 4.78 is 0. The summed E-state index contributed by atoms with van der Waals surface area (Å²) in [6, 6.07) is 0. The van der Waals surface area contributed by atoms with Gasteiger partial charge in [0, 0.05) is 5.41 Å². The Morgan fingerprint density at radius 1 is 1.40 bits per heavy atom. The zero-order chi connectivity index (χ0) is 7.94. The van der Waals surface area contributed by atoms with Crippen molar-refractivity contribution < 1.29 is 0 Å². The summed E-state index contributed by atoms with van der Waals surface area (Å²) in [5.74, 6) is 0.794. The Kier molecular flexibility index (Phi) is 1.66. The molecule has 58 valence electrons. The maximum absolute atomic E-state index is 2.37. The lowest BCUT2D eigenvalue weighted by Gasteiger charge is -2.17. The predicted molar refractivity (Wildman–Crippen MR) is 45.9 cm³/mol. The minimum absolute atomic E-state index is 0.509. The average Bonchev–Trinajstić information content (AvgIpc) is 2.38. The van der Waals surface area contributed by atoms with Crippen LogP contribution in [0.1, 0.15) is 41.0 Å². The first kappa shape index (κ1) is 7.84. The fourth-order valence-electron chi connectivity index (χ4n) is 2.04. The molecule has 0 spiro atoms. The summed E-state index contributed by atoms with van der Waals surface area (Å²) >= 11 is 0. The van der Waals surface area contributed by atoms with E-state index in [1.807, 2.05) is 0 Å². The van der Waals surface area contributed by atoms with Crippen LogP contribution in [0.4, 0.5) is 0 Å². The second kappa shape index (κ2) is 2.11. The highest BCUT2D eigenvalue weighted by atomic mass is 14.5. The molecule has 0 amide bonds. The Balaban J connectivity index is 2.66. The second-order valence-corrected chi connectivity index (χ2v) is 3.81. The Bertz CT molecular complexity index is 174. The monoisotopic (exact) mass is 138 g/mol. The SMILES string of the molecule is CCC1=C(C)C1(C)C(C)C. The summed E-state index contributed by atoms with van der Waals surface area (Å²) in [4.78, 5) is 0. The molecule has 0 saturated heterocycles. The van der Waals surface area contributed by atoms with Gasteiger partial charge in [-0.15, -0.1) is 0 Å². The van der Waals surface area contributed by atoms with Crippen molar-refractivity contribution in [1.29, 1.82) is 0 Å². The molecule has 0 bridgehead atoms. The van der Waals surface area contributed by atoms with Crippen molar-refractivity contribution in [3.8, 4) is 0 Å². The molecule has 0 aliphatic heterocycles. The van der Waals surface area contributed by atoms with Crippen LogP contribution >= 0.6 is 0 Å². The summed E-state index contributed by atoms with van der Waals surface area (Å²) in [6.07, 6.45) is 1.25.